The van der Waals surface area contributed by atoms with Gasteiger partial charge in [-0.1, -0.05) is 13.2 Å². The molecule has 0 aliphatic heterocycles. The van der Waals surface area contributed by atoms with E-state index in [4.69, 9.17) is 4.74 Å². The van der Waals surface area contributed by atoms with E-state index in [-0.39, 0.29) is 0 Å². The van der Waals surface area contributed by atoms with Gasteiger partial charge in [0.1, 0.15) is 0 Å². The van der Waals surface area contributed by atoms with Gasteiger partial charge in [-0.15, -0.1) is 0 Å². The van der Waals surface area contributed by atoms with Gasteiger partial charge in [-0.2, -0.15) is 0 Å². The van der Waals surface area contributed by atoms with E-state index < -0.39 is 0 Å². The number of ether oxygens (including phenoxy) is 1. The molecule has 0 rings (SSSR count). The van der Waals surface area contributed by atoms with Gasteiger partial charge in [0.2, 0.25) is 12.8 Å². The van der Waals surface area contributed by atoms with Gasteiger partial charge in [0.15, 0.2) is 0 Å². The quantitative estimate of drug-likeness (QED) is 0.384. The third kappa shape index (κ3) is 6.45. The Morgan fingerprint density at radius 1 is 0.933 bits per heavy atom. The molecule has 15 heavy (non-hydrogen) atoms. The van der Waals surface area contributed by atoms with Crippen LogP contribution in [-0.4, -0.2) is 48.9 Å². The molecule has 0 saturated carbocycles. The van der Waals surface area contributed by atoms with Crippen LogP contribution in [0.4, 0.5) is 0 Å². The lowest BCUT2D eigenvalue weighted by atomic mass is 10.6. The van der Waals surface area contributed by atoms with Crippen molar-refractivity contribution in [3.05, 3.63) is 25.6 Å². The third-order valence-corrected chi connectivity index (χ3v) is 1.73. The topological polar surface area (TPSA) is 49.9 Å². The summed E-state index contributed by atoms with van der Waals surface area (Å²) in [6, 6.07) is 0. The maximum atomic E-state index is 10.3. The zero-order chi connectivity index (χ0) is 11.5. The molecular formula is C10H16N2O3. The highest BCUT2D eigenvalue weighted by Crippen LogP contribution is 1.86. The fourth-order valence-electron chi connectivity index (χ4n) is 0.816. The first kappa shape index (κ1) is 13.4. The van der Waals surface area contributed by atoms with E-state index in [1.165, 1.54) is 22.2 Å². The SMILES string of the molecule is C=CN(C=O)CCOCCN(C=C)C=O. The second-order valence-electron chi connectivity index (χ2n) is 2.66. The predicted octanol–water partition coefficient (Wildman–Crippen LogP) is 0.207. The van der Waals surface area contributed by atoms with Crippen molar-refractivity contribution < 1.29 is 14.3 Å². The van der Waals surface area contributed by atoms with Gasteiger partial charge in [-0.25, -0.2) is 0 Å². The number of hydrogen-bond acceptors (Lipinski definition) is 3. The van der Waals surface area contributed by atoms with Crippen LogP contribution in [0.15, 0.2) is 25.6 Å². The van der Waals surface area contributed by atoms with Gasteiger partial charge >= 0.3 is 0 Å². The maximum absolute atomic E-state index is 10.3. The molecule has 0 fully saturated rings. The van der Waals surface area contributed by atoms with Crippen LogP contribution in [0, 0.1) is 0 Å². The van der Waals surface area contributed by atoms with Crippen molar-refractivity contribution in [2.45, 2.75) is 0 Å². The number of rotatable bonds is 10. The summed E-state index contributed by atoms with van der Waals surface area (Å²) in [5.41, 5.74) is 0. The lowest BCUT2D eigenvalue weighted by molar-refractivity contribution is -0.116. The van der Waals surface area contributed by atoms with Crippen LogP contribution in [0.3, 0.4) is 0 Å². The smallest absolute Gasteiger partial charge is 0.213 e. The zero-order valence-electron chi connectivity index (χ0n) is 8.67. The Morgan fingerprint density at radius 3 is 1.60 bits per heavy atom. The van der Waals surface area contributed by atoms with Crippen LogP contribution in [0.25, 0.3) is 0 Å². The second-order valence-corrected chi connectivity index (χ2v) is 2.66. The Morgan fingerprint density at radius 2 is 1.33 bits per heavy atom. The van der Waals surface area contributed by atoms with Crippen LogP contribution in [0.2, 0.25) is 0 Å². The lowest BCUT2D eigenvalue weighted by Gasteiger charge is -2.13. The summed E-state index contributed by atoms with van der Waals surface area (Å²) >= 11 is 0. The van der Waals surface area contributed by atoms with E-state index in [0.717, 1.165) is 0 Å². The average molecular weight is 212 g/mol. The molecule has 0 atom stereocenters. The summed E-state index contributed by atoms with van der Waals surface area (Å²) in [4.78, 5) is 23.4. The molecule has 2 amide bonds. The van der Waals surface area contributed by atoms with E-state index in [1.54, 1.807) is 0 Å². The summed E-state index contributed by atoms with van der Waals surface area (Å²) in [6.07, 6.45) is 4.21. The highest BCUT2D eigenvalue weighted by atomic mass is 16.5. The molecule has 0 aromatic rings. The lowest BCUT2D eigenvalue weighted by Crippen LogP contribution is -2.24. The zero-order valence-corrected chi connectivity index (χ0v) is 8.67. The van der Waals surface area contributed by atoms with Gasteiger partial charge in [-0.3, -0.25) is 9.59 Å². The fourth-order valence-corrected chi connectivity index (χ4v) is 0.816. The van der Waals surface area contributed by atoms with E-state index >= 15 is 0 Å². The minimum Gasteiger partial charge on any atom is -0.378 e. The summed E-state index contributed by atoms with van der Waals surface area (Å²) in [5.74, 6) is 0. The number of nitrogens with zero attached hydrogens (tertiary/aromatic N) is 2. The van der Waals surface area contributed by atoms with Crippen LogP contribution in [0.1, 0.15) is 0 Å². The van der Waals surface area contributed by atoms with Crippen LogP contribution in [0.5, 0.6) is 0 Å². The molecule has 5 heteroatoms. The molecule has 0 spiro atoms. The van der Waals surface area contributed by atoms with Gasteiger partial charge in [-0.05, 0) is 12.4 Å². The van der Waals surface area contributed by atoms with Gasteiger partial charge in [0, 0.05) is 13.1 Å². The van der Waals surface area contributed by atoms with Crippen molar-refractivity contribution >= 4 is 12.8 Å². The Balaban J connectivity index is 3.45. The molecule has 0 saturated heterocycles. The first-order chi connectivity index (χ1) is 7.28. The highest BCUT2D eigenvalue weighted by molar-refractivity contribution is 5.48. The highest BCUT2D eigenvalue weighted by Gasteiger charge is 1.97. The van der Waals surface area contributed by atoms with Crippen molar-refractivity contribution in [2.24, 2.45) is 0 Å². The van der Waals surface area contributed by atoms with E-state index in [2.05, 4.69) is 13.2 Å². The molecule has 84 valence electrons. The monoisotopic (exact) mass is 212 g/mol. The van der Waals surface area contributed by atoms with Gasteiger partial charge in [0.05, 0.1) is 13.2 Å². The van der Waals surface area contributed by atoms with E-state index in [0.29, 0.717) is 39.1 Å². The molecule has 0 aliphatic carbocycles. The minimum atomic E-state index is 0.411. The second kappa shape index (κ2) is 8.96. The summed E-state index contributed by atoms with van der Waals surface area (Å²) in [6.45, 7) is 8.66. The minimum absolute atomic E-state index is 0.411. The summed E-state index contributed by atoms with van der Waals surface area (Å²) in [7, 11) is 0. The molecule has 0 heterocycles. The number of hydrogen-bond donors (Lipinski definition) is 0. The molecule has 0 aliphatic rings. The van der Waals surface area contributed by atoms with Crippen molar-refractivity contribution in [1.82, 2.24) is 9.80 Å². The average Bonchev–Trinajstić information content (AvgIpc) is 2.29. The van der Waals surface area contributed by atoms with Crippen LogP contribution >= 0.6 is 0 Å². The molecule has 0 unspecified atom stereocenters. The molecule has 0 bridgehead atoms. The first-order valence-corrected chi connectivity index (χ1v) is 4.53. The molecule has 5 nitrogen and oxygen atoms in total. The Bertz CT molecular complexity index is 181. The molecule has 0 aromatic carbocycles. The maximum Gasteiger partial charge on any atom is 0.213 e. The first-order valence-electron chi connectivity index (χ1n) is 4.53. The number of amides is 2. The van der Waals surface area contributed by atoms with Gasteiger partial charge < -0.3 is 14.5 Å². The van der Waals surface area contributed by atoms with Crippen molar-refractivity contribution in [1.29, 1.82) is 0 Å². The normalized spacial score (nSPS) is 9.07. The standard InChI is InChI=1S/C10H16N2O3/c1-3-11(9-13)5-7-15-8-6-12(4-2)10-14/h3-4,9-10H,1-2,5-8H2. The third-order valence-electron chi connectivity index (χ3n) is 1.73. The molecule has 0 radical (unpaired) electrons. The summed E-state index contributed by atoms with van der Waals surface area (Å²) < 4.78 is 5.21. The Labute approximate surface area is 89.6 Å². The van der Waals surface area contributed by atoms with E-state index in [1.807, 2.05) is 0 Å². The molecular weight excluding hydrogens is 196 g/mol. The Kier molecular flexibility index (Phi) is 7.99. The fraction of sp³-hybridized carbons (Fsp3) is 0.400. The van der Waals surface area contributed by atoms with Gasteiger partial charge in [0.25, 0.3) is 0 Å². The Hall–Kier alpha value is -1.62. The number of carbonyl (C=O) groups excluding carboxylic acids is 2. The van der Waals surface area contributed by atoms with Crippen molar-refractivity contribution in [2.75, 3.05) is 26.3 Å². The largest absolute Gasteiger partial charge is 0.378 e. The van der Waals surface area contributed by atoms with Crippen LogP contribution < -0.4 is 0 Å². The van der Waals surface area contributed by atoms with Crippen LogP contribution in [-0.2, 0) is 14.3 Å². The summed E-state index contributed by atoms with van der Waals surface area (Å²) in [5, 5.41) is 0. The molecule has 0 aromatic heterocycles. The predicted molar refractivity (Wildman–Crippen MR) is 56.8 cm³/mol. The molecule has 0 N–H and O–H groups in total. The van der Waals surface area contributed by atoms with Crippen molar-refractivity contribution in [3.8, 4) is 0 Å². The number of carbonyl (C=O) groups is 2. The van der Waals surface area contributed by atoms with E-state index in [9.17, 15) is 9.59 Å². The van der Waals surface area contributed by atoms with Crippen molar-refractivity contribution in [3.63, 3.8) is 0 Å².